The fraction of sp³-hybridized carbons (Fsp3) is 0.222. The lowest BCUT2D eigenvalue weighted by Gasteiger charge is -2.02. The van der Waals surface area contributed by atoms with Crippen LogP contribution in [0.5, 0.6) is 5.75 Å². The van der Waals surface area contributed by atoms with Crippen molar-refractivity contribution in [2.45, 2.75) is 6.92 Å². The van der Waals surface area contributed by atoms with Crippen LogP contribution in [0.15, 0.2) is 26.2 Å². The summed E-state index contributed by atoms with van der Waals surface area (Å²) in [4.78, 5) is 4.80. The van der Waals surface area contributed by atoms with E-state index in [0.717, 1.165) is 4.47 Å². The largest absolute Gasteiger partial charge is 0.506 e. The monoisotopic (exact) mass is 321 g/mol. The number of oxime groups is 1. The van der Waals surface area contributed by atoms with Gasteiger partial charge in [0.05, 0.1) is 10.7 Å². The van der Waals surface area contributed by atoms with Crippen LogP contribution in [0.1, 0.15) is 12.5 Å². The van der Waals surface area contributed by atoms with Crippen LogP contribution in [-0.4, -0.2) is 17.9 Å². The lowest BCUT2D eigenvalue weighted by atomic mass is 10.2. The smallest absolute Gasteiger partial charge is 0.138 e. The summed E-state index contributed by atoms with van der Waals surface area (Å²) in [6.45, 7) is 2.35. The Morgan fingerprint density at radius 1 is 1.50 bits per heavy atom. The molecule has 0 aliphatic rings. The van der Waals surface area contributed by atoms with Gasteiger partial charge in [-0.2, -0.15) is 0 Å². The minimum Gasteiger partial charge on any atom is -0.506 e. The van der Waals surface area contributed by atoms with Crippen LogP contribution in [0.3, 0.4) is 0 Å². The molecule has 0 bridgehead atoms. The van der Waals surface area contributed by atoms with Gasteiger partial charge in [0, 0.05) is 10.0 Å². The maximum atomic E-state index is 9.61. The summed E-state index contributed by atoms with van der Waals surface area (Å²) >= 11 is 6.54. The van der Waals surface area contributed by atoms with E-state index >= 15 is 0 Å². The molecule has 0 saturated carbocycles. The summed E-state index contributed by atoms with van der Waals surface area (Å²) in [6.07, 6.45) is 1.47. The van der Waals surface area contributed by atoms with Gasteiger partial charge in [-0.3, -0.25) is 0 Å². The first-order chi connectivity index (χ1) is 6.65. The molecule has 0 atom stereocenters. The molecule has 0 saturated heterocycles. The first kappa shape index (κ1) is 11.5. The minimum atomic E-state index is 0.150. The predicted octanol–water partition coefficient (Wildman–Crippen LogP) is 3.29. The molecule has 0 aliphatic carbocycles. The number of rotatable bonds is 3. The lowest BCUT2D eigenvalue weighted by Crippen LogP contribution is -1.86. The van der Waals surface area contributed by atoms with E-state index < -0.39 is 0 Å². The van der Waals surface area contributed by atoms with Gasteiger partial charge in [0.2, 0.25) is 0 Å². The average molecular weight is 323 g/mol. The maximum absolute atomic E-state index is 9.61. The summed E-state index contributed by atoms with van der Waals surface area (Å²) in [5, 5.41) is 13.3. The predicted molar refractivity (Wildman–Crippen MR) is 62.7 cm³/mol. The number of hydrogen-bond acceptors (Lipinski definition) is 3. The molecule has 0 aliphatic heterocycles. The second-order valence-corrected chi connectivity index (χ2v) is 4.25. The summed E-state index contributed by atoms with van der Waals surface area (Å²) in [6, 6.07) is 3.51. The number of phenolic OH excluding ortho intramolecular Hbond substituents is 1. The molecule has 14 heavy (non-hydrogen) atoms. The topological polar surface area (TPSA) is 41.8 Å². The fourth-order valence-corrected chi connectivity index (χ4v) is 2.11. The van der Waals surface area contributed by atoms with Crippen molar-refractivity contribution in [2.75, 3.05) is 6.61 Å². The Morgan fingerprint density at radius 2 is 2.21 bits per heavy atom. The van der Waals surface area contributed by atoms with Crippen LogP contribution in [-0.2, 0) is 4.84 Å². The number of phenols is 1. The zero-order valence-corrected chi connectivity index (χ0v) is 10.7. The highest BCUT2D eigenvalue weighted by Crippen LogP contribution is 2.30. The first-order valence-electron chi connectivity index (χ1n) is 3.98. The Bertz CT molecular complexity index is 353. The van der Waals surface area contributed by atoms with Gasteiger partial charge in [0.15, 0.2) is 0 Å². The summed E-state index contributed by atoms with van der Waals surface area (Å²) in [5.41, 5.74) is 0.597. The van der Waals surface area contributed by atoms with E-state index in [1.807, 2.05) is 6.92 Å². The van der Waals surface area contributed by atoms with Crippen LogP contribution < -0.4 is 0 Å². The highest BCUT2D eigenvalue weighted by atomic mass is 79.9. The van der Waals surface area contributed by atoms with E-state index in [-0.39, 0.29) is 5.75 Å². The molecule has 1 aromatic rings. The van der Waals surface area contributed by atoms with Crippen molar-refractivity contribution in [1.29, 1.82) is 0 Å². The van der Waals surface area contributed by atoms with Crippen LogP contribution >= 0.6 is 31.9 Å². The van der Waals surface area contributed by atoms with Crippen molar-refractivity contribution < 1.29 is 9.94 Å². The van der Waals surface area contributed by atoms with E-state index in [9.17, 15) is 5.11 Å². The van der Waals surface area contributed by atoms with Crippen LogP contribution in [0.25, 0.3) is 0 Å². The third-order valence-corrected chi connectivity index (χ3v) is 2.52. The van der Waals surface area contributed by atoms with Gasteiger partial charge < -0.3 is 9.94 Å². The zero-order valence-electron chi connectivity index (χ0n) is 7.50. The molecule has 1 N–H and O–H groups in total. The van der Waals surface area contributed by atoms with Crippen molar-refractivity contribution in [2.24, 2.45) is 5.16 Å². The van der Waals surface area contributed by atoms with E-state index in [2.05, 4.69) is 37.0 Å². The molecule has 1 aromatic carbocycles. The second-order valence-electron chi connectivity index (χ2n) is 2.48. The van der Waals surface area contributed by atoms with Crippen LogP contribution in [0.2, 0.25) is 0 Å². The Kier molecular flexibility index (Phi) is 4.41. The number of hydrogen-bond donors (Lipinski definition) is 1. The highest BCUT2D eigenvalue weighted by Gasteiger charge is 2.04. The summed E-state index contributed by atoms with van der Waals surface area (Å²) in [7, 11) is 0. The summed E-state index contributed by atoms with van der Waals surface area (Å²) in [5.74, 6) is 0.150. The Morgan fingerprint density at radius 3 is 2.86 bits per heavy atom. The molecule has 0 heterocycles. The SMILES string of the molecule is CCON=Cc1cc(Br)cc(Br)c1O. The third-order valence-electron chi connectivity index (χ3n) is 1.45. The number of halogens is 2. The van der Waals surface area contributed by atoms with E-state index in [4.69, 9.17) is 4.84 Å². The molecule has 0 aromatic heterocycles. The van der Waals surface area contributed by atoms with Crippen LogP contribution in [0.4, 0.5) is 0 Å². The lowest BCUT2D eigenvalue weighted by molar-refractivity contribution is 0.160. The molecule has 0 amide bonds. The zero-order chi connectivity index (χ0) is 10.6. The van der Waals surface area contributed by atoms with Gasteiger partial charge in [-0.15, -0.1) is 0 Å². The molecular formula is C9H9Br2NO2. The number of benzene rings is 1. The van der Waals surface area contributed by atoms with Gasteiger partial charge in [0.25, 0.3) is 0 Å². The van der Waals surface area contributed by atoms with Crippen LogP contribution in [0, 0.1) is 0 Å². The first-order valence-corrected chi connectivity index (χ1v) is 5.57. The van der Waals surface area contributed by atoms with Crippen molar-refractivity contribution in [1.82, 2.24) is 0 Å². The quantitative estimate of drug-likeness (QED) is 0.685. The molecule has 3 nitrogen and oxygen atoms in total. The normalized spacial score (nSPS) is 10.8. The molecule has 1 rings (SSSR count). The molecule has 76 valence electrons. The molecule has 5 heteroatoms. The molecular weight excluding hydrogens is 314 g/mol. The fourth-order valence-electron chi connectivity index (χ4n) is 0.853. The van der Waals surface area contributed by atoms with E-state index in [1.54, 1.807) is 12.1 Å². The van der Waals surface area contributed by atoms with Gasteiger partial charge in [-0.1, -0.05) is 21.1 Å². The third kappa shape index (κ3) is 2.99. The molecule has 0 fully saturated rings. The minimum absolute atomic E-state index is 0.150. The standard InChI is InChI=1S/C9H9Br2NO2/c1-2-14-12-5-6-3-7(10)4-8(11)9(6)13/h3-5,13H,2H2,1H3. The van der Waals surface area contributed by atoms with Crippen molar-refractivity contribution in [3.8, 4) is 5.75 Å². The highest BCUT2D eigenvalue weighted by molar-refractivity contribution is 9.11. The van der Waals surface area contributed by atoms with E-state index in [0.29, 0.717) is 16.6 Å². The Hall–Kier alpha value is -0.550. The molecule has 0 unspecified atom stereocenters. The number of aromatic hydroxyl groups is 1. The van der Waals surface area contributed by atoms with E-state index in [1.165, 1.54) is 6.21 Å². The molecule has 0 radical (unpaired) electrons. The van der Waals surface area contributed by atoms with Crippen molar-refractivity contribution >= 4 is 38.1 Å². The maximum Gasteiger partial charge on any atom is 0.138 e. The second kappa shape index (κ2) is 5.36. The van der Waals surface area contributed by atoms with Gasteiger partial charge in [-0.25, -0.2) is 0 Å². The summed E-state index contributed by atoms with van der Waals surface area (Å²) < 4.78 is 1.48. The molecule has 0 spiro atoms. The van der Waals surface area contributed by atoms with Gasteiger partial charge in [-0.05, 0) is 35.0 Å². The van der Waals surface area contributed by atoms with Gasteiger partial charge >= 0.3 is 0 Å². The van der Waals surface area contributed by atoms with Gasteiger partial charge in [0.1, 0.15) is 12.4 Å². The average Bonchev–Trinajstić information content (AvgIpc) is 2.13. The Labute approximate surface area is 99.0 Å². The number of nitrogens with zero attached hydrogens (tertiary/aromatic N) is 1. The Balaban J connectivity index is 2.96. The van der Waals surface area contributed by atoms with Crippen molar-refractivity contribution in [3.63, 3.8) is 0 Å². The van der Waals surface area contributed by atoms with Crippen molar-refractivity contribution in [3.05, 3.63) is 26.6 Å².